The number of aromatic nitrogens is 2. The molecule has 0 saturated heterocycles. The number of hydrogen-bond acceptors (Lipinski definition) is 6. The highest BCUT2D eigenvalue weighted by molar-refractivity contribution is 7.89. The van der Waals surface area contributed by atoms with Gasteiger partial charge in [-0.2, -0.15) is 10.4 Å². The van der Waals surface area contributed by atoms with E-state index in [1.54, 1.807) is 6.07 Å². The third-order valence-electron chi connectivity index (χ3n) is 3.38. The first-order chi connectivity index (χ1) is 12.6. The molecule has 1 aromatic carbocycles. The van der Waals surface area contributed by atoms with E-state index in [1.807, 2.05) is 0 Å². The molecule has 0 saturated carbocycles. The highest BCUT2D eigenvalue weighted by atomic mass is 35.5. The molecule has 1 aromatic heterocycles. The lowest BCUT2D eigenvalue weighted by Crippen LogP contribution is -2.30. The second-order valence-electron chi connectivity index (χ2n) is 5.43. The molecule has 0 aliphatic rings. The van der Waals surface area contributed by atoms with Gasteiger partial charge in [0.1, 0.15) is 22.5 Å². The molecule has 2 rings (SSSR count). The fourth-order valence-electron chi connectivity index (χ4n) is 2.00. The summed E-state index contributed by atoms with van der Waals surface area (Å²) in [6.45, 7) is -0.467. The lowest BCUT2D eigenvalue weighted by atomic mass is 10.2. The van der Waals surface area contributed by atoms with Gasteiger partial charge in [-0.15, -0.1) is 0 Å². The molecule has 0 fully saturated rings. The molecule has 0 aliphatic heterocycles. The van der Waals surface area contributed by atoms with E-state index in [9.17, 15) is 18.0 Å². The topological polar surface area (TPSA) is 125 Å². The molecule has 0 spiro atoms. The van der Waals surface area contributed by atoms with Crippen molar-refractivity contribution in [2.75, 3.05) is 19.4 Å². The quantitative estimate of drug-likeness (QED) is 0.763. The van der Waals surface area contributed by atoms with Crippen molar-refractivity contribution < 1.29 is 13.2 Å². The lowest BCUT2D eigenvalue weighted by molar-refractivity contribution is -0.117. The van der Waals surface area contributed by atoms with Crippen LogP contribution in [0.3, 0.4) is 0 Å². The van der Waals surface area contributed by atoms with E-state index in [0.29, 0.717) is 0 Å². The number of benzene rings is 1. The zero-order chi connectivity index (χ0) is 20.4. The minimum atomic E-state index is -3.89. The largest absolute Gasteiger partial charge is 0.324 e. The molecule has 0 unspecified atom stereocenters. The predicted octanol–water partition coefficient (Wildman–Crippen LogP) is 1.31. The molecular weight excluding hydrogens is 417 g/mol. The van der Waals surface area contributed by atoms with Crippen LogP contribution in [0.2, 0.25) is 10.0 Å². The molecule has 27 heavy (non-hydrogen) atoms. The van der Waals surface area contributed by atoms with Crippen molar-refractivity contribution in [1.29, 1.82) is 5.26 Å². The van der Waals surface area contributed by atoms with Crippen LogP contribution in [0, 0.1) is 11.3 Å². The number of nitrogens with one attached hydrogen (secondary N) is 1. The van der Waals surface area contributed by atoms with Crippen molar-refractivity contribution in [2.45, 2.75) is 11.4 Å². The summed E-state index contributed by atoms with van der Waals surface area (Å²) in [5.41, 5.74) is -0.674. The Hall–Kier alpha value is -2.45. The third kappa shape index (κ3) is 4.45. The summed E-state index contributed by atoms with van der Waals surface area (Å²) >= 11 is 11.4. The lowest BCUT2D eigenvalue weighted by Gasteiger charge is -2.14. The summed E-state index contributed by atoms with van der Waals surface area (Å²) < 4.78 is 26.4. The standard InChI is InChI=1S/C15H13Cl2N5O4S/c1-21(2)27(25,26)12-5-10(4-3-9(12)6-18)20-13(23)8-22-15(24)14(17)11(16)7-19-22/h3-5,7H,8H2,1-2H3,(H,20,23). The Morgan fingerprint density at radius 2 is 2.04 bits per heavy atom. The normalized spacial score (nSPS) is 11.3. The SMILES string of the molecule is CN(C)S(=O)(=O)c1cc(NC(=O)Cn2ncc(Cl)c(Cl)c2=O)ccc1C#N. The molecular formula is C15H13Cl2N5O4S. The molecule has 1 amide bonds. The molecule has 1 heterocycles. The van der Waals surface area contributed by atoms with Crippen LogP contribution in [-0.2, 0) is 21.4 Å². The Bertz CT molecular complexity index is 1110. The number of nitriles is 1. The number of rotatable bonds is 5. The van der Waals surface area contributed by atoms with Crippen molar-refractivity contribution in [3.05, 3.63) is 50.4 Å². The van der Waals surface area contributed by atoms with E-state index < -0.39 is 28.0 Å². The number of sulfonamides is 1. The van der Waals surface area contributed by atoms with Crippen molar-refractivity contribution in [1.82, 2.24) is 14.1 Å². The maximum Gasteiger partial charge on any atom is 0.287 e. The average molecular weight is 430 g/mol. The van der Waals surface area contributed by atoms with Crippen molar-refractivity contribution in [3.8, 4) is 6.07 Å². The zero-order valence-corrected chi connectivity index (χ0v) is 16.4. The van der Waals surface area contributed by atoms with E-state index >= 15 is 0 Å². The minimum Gasteiger partial charge on any atom is -0.324 e. The Labute approximate surface area is 164 Å². The first-order valence-corrected chi connectivity index (χ1v) is 9.45. The number of hydrogen-bond donors (Lipinski definition) is 1. The van der Waals surface area contributed by atoms with Crippen LogP contribution in [0.1, 0.15) is 5.56 Å². The molecule has 9 nitrogen and oxygen atoms in total. The minimum absolute atomic E-state index is 0.0380. The van der Waals surface area contributed by atoms with E-state index in [-0.39, 0.29) is 26.2 Å². The number of anilines is 1. The van der Waals surface area contributed by atoms with E-state index in [4.69, 9.17) is 28.5 Å². The van der Waals surface area contributed by atoms with E-state index in [1.165, 1.54) is 26.2 Å². The fourth-order valence-corrected chi connectivity index (χ4v) is 3.33. The van der Waals surface area contributed by atoms with Crippen LogP contribution >= 0.6 is 23.2 Å². The van der Waals surface area contributed by atoms with Gasteiger partial charge < -0.3 is 5.32 Å². The summed E-state index contributed by atoms with van der Waals surface area (Å²) in [7, 11) is -1.25. The first-order valence-electron chi connectivity index (χ1n) is 7.25. The van der Waals surface area contributed by atoms with Gasteiger partial charge in [0.15, 0.2) is 0 Å². The molecule has 2 aromatic rings. The van der Waals surface area contributed by atoms with Gasteiger partial charge in [-0.05, 0) is 18.2 Å². The predicted molar refractivity (Wildman–Crippen MR) is 99.2 cm³/mol. The summed E-state index contributed by atoms with van der Waals surface area (Å²) in [6.07, 6.45) is 1.13. The van der Waals surface area contributed by atoms with Gasteiger partial charge >= 0.3 is 0 Å². The first kappa shape index (κ1) is 20.9. The molecule has 0 atom stereocenters. The monoisotopic (exact) mass is 429 g/mol. The second-order valence-corrected chi connectivity index (χ2v) is 8.33. The number of carbonyl (C=O) groups is 1. The smallest absolute Gasteiger partial charge is 0.287 e. The number of nitrogens with zero attached hydrogens (tertiary/aromatic N) is 4. The number of amides is 1. The van der Waals surface area contributed by atoms with Crippen LogP contribution in [0.4, 0.5) is 5.69 Å². The second kappa shape index (κ2) is 8.06. The number of carbonyl (C=O) groups excluding carboxylic acids is 1. The molecule has 0 aliphatic carbocycles. The van der Waals surface area contributed by atoms with Crippen LogP contribution in [0.15, 0.2) is 34.1 Å². The van der Waals surface area contributed by atoms with Crippen molar-refractivity contribution in [2.24, 2.45) is 0 Å². The Balaban J connectivity index is 2.31. The van der Waals surface area contributed by atoms with Gasteiger partial charge in [-0.25, -0.2) is 17.4 Å². The third-order valence-corrected chi connectivity index (χ3v) is 5.98. The van der Waals surface area contributed by atoms with Gasteiger partial charge in [-0.1, -0.05) is 23.2 Å². The van der Waals surface area contributed by atoms with Crippen molar-refractivity contribution in [3.63, 3.8) is 0 Å². The Morgan fingerprint density at radius 3 is 2.63 bits per heavy atom. The highest BCUT2D eigenvalue weighted by Crippen LogP contribution is 2.22. The zero-order valence-electron chi connectivity index (χ0n) is 14.1. The summed E-state index contributed by atoms with van der Waals surface area (Å²) in [4.78, 5) is 23.8. The molecule has 1 N–H and O–H groups in total. The van der Waals surface area contributed by atoms with E-state index in [2.05, 4.69) is 10.4 Å². The van der Waals surface area contributed by atoms with Gasteiger partial charge in [-0.3, -0.25) is 9.59 Å². The van der Waals surface area contributed by atoms with Crippen molar-refractivity contribution >= 4 is 44.8 Å². The van der Waals surface area contributed by atoms with Gasteiger partial charge in [0.05, 0.1) is 16.8 Å². The maximum atomic E-state index is 12.3. The fraction of sp³-hybridized carbons (Fsp3) is 0.200. The molecule has 0 radical (unpaired) electrons. The summed E-state index contributed by atoms with van der Waals surface area (Å²) in [5.74, 6) is -0.652. The summed E-state index contributed by atoms with van der Waals surface area (Å²) in [6, 6.07) is 5.60. The van der Waals surface area contributed by atoms with Gasteiger partial charge in [0.2, 0.25) is 15.9 Å². The maximum absolute atomic E-state index is 12.3. The van der Waals surface area contributed by atoms with Crippen LogP contribution in [0.25, 0.3) is 0 Å². The molecule has 12 heteroatoms. The van der Waals surface area contributed by atoms with Gasteiger partial charge in [0.25, 0.3) is 5.56 Å². The Morgan fingerprint density at radius 1 is 1.37 bits per heavy atom. The summed E-state index contributed by atoms with van der Waals surface area (Å²) in [5, 5.41) is 15.0. The van der Waals surface area contributed by atoms with Gasteiger partial charge in [0, 0.05) is 19.8 Å². The van der Waals surface area contributed by atoms with Crippen LogP contribution in [0.5, 0.6) is 0 Å². The number of halogens is 2. The Kier molecular flexibility index (Phi) is 6.22. The molecule has 142 valence electrons. The average Bonchev–Trinajstić information content (AvgIpc) is 2.62. The van der Waals surface area contributed by atoms with Crippen LogP contribution < -0.4 is 10.9 Å². The van der Waals surface area contributed by atoms with E-state index in [0.717, 1.165) is 21.3 Å². The highest BCUT2D eigenvalue weighted by Gasteiger charge is 2.22. The molecule has 0 bridgehead atoms. The van der Waals surface area contributed by atoms with Crippen LogP contribution in [-0.4, -0.2) is 42.5 Å².